The summed E-state index contributed by atoms with van der Waals surface area (Å²) in [5, 5.41) is 4.43. The van der Waals surface area contributed by atoms with Gasteiger partial charge in [-0.15, -0.1) is 0 Å². The van der Waals surface area contributed by atoms with Gasteiger partial charge in [0, 0.05) is 66.6 Å². The Bertz CT molecular complexity index is 1540. The quantitative estimate of drug-likeness (QED) is 0.403. The predicted octanol–water partition coefficient (Wildman–Crippen LogP) is 4.51. The van der Waals surface area contributed by atoms with Gasteiger partial charge in [0.2, 0.25) is 0 Å². The number of piperidine rings is 1. The van der Waals surface area contributed by atoms with E-state index in [0.29, 0.717) is 48.9 Å². The van der Waals surface area contributed by atoms with Crippen molar-refractivity contribution in [2.24, 2.45) is 0 Å². The maximum Gasteiger partial charge on any atom is 0.126 e. The molecule has 2 unspecified atom stereocenters. The van der Waals surface area contributed by atoms with Gasteiger partial charge in [-0.1, -0.05) is 6.07 Å². The number of nitrogens with two attached hydrogens (primary N) is 1. The number of benzene rings is 2. The number of nitrogen functional groups attached to an aromatic ring is 1. The SMILES string of the molecule is Nc1c(C2COC2)ccnc1-c1ccc2ncc(-c3cc(F)cc(F)c3)c(N3CCC4NCCOC4C3)c2c1. The van der Waals surface area contributed by atoms with Crippen LogP contribution in [0.4, 0.5) is 20.2 Å². The summed E-state index contributed by atoms with van der Waals surface area (Å²) in [6.07, 6.45) is 4.41. The van der Waals surface area contributed by atoms with Crippen LogP contribution in [0.3, 0.4) is 0 Å². The van der Waals surface area contributed by atoms with Crippen LogP contribution in [0.25, 0.3) is 33.3 Å². The van der Waals surface area contributed by atoms with Crippen molar-refractivity contribution in [3.63, 3.8) is 0 Å². The third-order valence-electron chi connectivity index (χ3n) is 8.10. The first-order valence-corrected chi connectivity index (χ1v) is 13.4. The van der Waals surface area contributed by atoms with Crippen LogP contribution < -0.4 is 16.0 Å². The molecule has 39 heavy (non-hydrogen) atoms. The van der Waals surface area contributed by atoms with Crippen LogP contribution in [0, 0.1) is 11.6 Å². The van der Waals surface area contributed by atoms with Crippen LogP contribution in [0.1, 0.15) is 17.9 Å². The minimum atomic E-state index is -0.628. The summed E-state index contributed by atoms with van der Waals surface area (Å²) in [6.45, 7) is 4.23. The van der Waals surface area contributed by atoms with E-state index in [2.05, 4.69) is 15.2 Å². The molecule has 2 atom stereocenters. The number of pyridine rings is 2. The van der Waals surface area contributed by atoms with E-state index in [4.69, 9.17) is 20.2 Å². The molecule has 3 aliphatic heterocycles. The normalized spacial score (nSPS) is 21.5. The van der Waals surface area contributed by atoms with Gasteiger partial charge in [-0.05, 0) is 47.9 Å². The molecule has 7 rings (SSSR count). The lowest BCUT2D eigenvalue weighted by molar-refractivity contribution is -0.00896. The summed E-state index contributed by atoms with van der Waals surface area (Å²) in [6, 6.07) is 11.8. The first kappa shape index (κ1) is 24.4. The lowest BCUT2D eigenvalue weighted by Crippen LogP contribution is -2.57. The van der Waals surface area contributed by atoms with Crippen LogP contribution in [0.5, 0.6) is 0 Å². The van der Waals surface area contributed by atoms with Crippen LogP contribution in [0.2, 0.25) is 0 Å². The second kappa shape index (κ2) is 9.82. The first-order chi connectivity index (χ1) is 19.0. The maximum atomic E-state index is 14.4. The molecule has 4 aromatic rings. The van der Waals surface area contributed by atoms with Gasteiger partial charge < -0.3 is 25.4 Å². The van der Waals surface area contributed by atoms with Crippen molar-refractivity contribution in [3.05, 3.63) is 72.1 Å². The molecule has 200 valence electrons. The maximum absolute atomic E-state index is 14.4. The highest BCUT2D eigenvalue weighted by Crippen LogP contribution is 2.41. The monoisotopic (exact) mass is 529 g/mol. The number of rotatable bonds is 4. The third-order valence-corrected chi connectivity index (χ3v) is 8.10. The summed E-state index contributed by atoms with van der Waals surface area (Å²) in [5.74, 6) is -0.988. The van der Waals surface area contributed by atoms with Crippen molar-refractivity contribution in [2.45, 2.75) is 24.5 Å². The van der Waals surface area contributed by atoms with Crippen LogP contribution >= 0.6 is 0 Å². The Kier molecular flexibility index (Phi) is 6.14. The fourth-order valence-electron chi connectivity index (χ4n) is 6.05. The number of hydrogen-bond donors (Lipinski definition) is 2. The second-order valence-electron chi connectivity index (χ2n) is 10.5. The molecule has 3 fully saturated rings. The lowest BCUT2D eigenvalue weighted by Gasteiger charge is -2.43. The van der Waals surface area contributed by atoms with E-state index in [1.807, 2.05) is 24.3 Å². The average molecular weight is 530 g/mol. The molecule has 2 aromatic carbocycles. The van der Waals surface area contributed by atoms with Crippen molar-refractivity contribution in [3.8, 4) is 22.4 Å². The van der Waals surface area contributed by atoms with E-state index < -0.39 is 11.6 Å². The Hall–Kier alpha value is -3.66. The van der Waals surface area contributed by atoms with Gasteiger partial charge in [0.15, 0.2) is 0 Å². The molecular formula is C30H29F2N5O2. The van der Waals surface area contributed by atoms with E-state index in [1.165, 1.54) is 12.1 Å². The largest absolute Gasteiger partial charge is 0.397 e. The first-order valence-electron chi connectivity index (χ1n) is 13.4. The number of fused-ring (bicyclic) bond motifs is 2. The molecule has 3 aliphatic rings. The highest BCUT2D eigenvalue weighted by Gasteiger charge is 2.34. The fourth-order valence-corrected chi connectivity index (χ4v) is 6.05. The number of nitrogens with one attached hydrogen (secondary N) is 1. The highest BCUT2D eigenvalue weighted by atomic mass is 19.1. The molecule has 9 heteroatoms. The molecule has 0 amide bonds. The fraction of sp³-hybridized carbons (Fsp3) is 0.333. The van der Waals surface area contributed by atoms with Gasteiger partial charge in [-0.3, -0.25) is 9.97 Å². The topological polar surface area (TPSA) is 85.5 Å². The zero-order valence-electron chi connectivity index (χ0n) is 21.4. The van der Waals surface area contributed by atoms with E-state index in [0.717, 1.165) is 53.3 Å². The second-order valence-corrected chi connectivity index (χ2v) is 10.5. The average Bonchev–Trinajstić information content (AvgIpc) is 2.91. The van der Waals surface area contributed by atoms with Gasteiger partial charge in [-0.2, -0.15) is 0 Å². The molecule has 7 nitrogen and oxygen atoms in total. The van der Waals surface area contributed by atoms with Gasteiger partial charge in [-0.25, -0.2) is 8.78 Å². The molecule has 0 bridgehead atoms. The summed E-state index contributed by atoms with van der Waals surface area (Å²) >= 11 is 0. The van der Waals surface area contributed by atoms with Crippen molar-refractivity contribution in [1.29, 1.82) is 0 Å². The van der Waals surface area contributed by atoms with Crippen LogP contribution in [0.15, 0.2) is 54.9 Å². The van der Waals surface area contributed by atoms with Gasteiger partial charge >= 0.3 is 0 Å². The molecule has 0 aliphatic carbocycles. The lowest BCUT2D eigenvalue weighted by atomic mass is 9.93. The summed E-state index contributed by atoms with van der Waals surface area (Å²) in [7, 11) is 0. The molecule has 0 radical (unpaired) electrons. The molecule has 2 aromatic heterocycles. The Labute approximate surface area is 225 Å². The Morgan fingerprint density at radius 3 is 2.64 bits per heavy atom. The van der Waals surface area contributed by atoms with Gasteiger partial charge in [0.1, 0.15) is 11.6 Å². The standard InChI is InChI=1S/C30H29F2N5O2/c31-20-9-18(10-21(32)12-20)24-13-36-25-2-1-17(29-28(33)22(3-5-35-29)19-15-38-16-19)11-23(25)30(24)37-7-4-26-27(14-37)39-8-6-34-26/h1-3,5,9-13,19,26-27,34H,4,6-8,14-16,33H2. The Morgan fingerprint density at radius 1 is 1.00 bits per heavy atom. The Balaban J connectivity index is 1.40. The highest BCUT2D eigenvalue weighted by molar-refractivity contribution is 6.02. The zero-order valence-corrected chi connectivity index (χ0v) is 21.4. The van der Waals surface area contributed by atoms with Crippen molar-refractivity contribution in [1.82, 2.24) is 15.3 Å². The van der Waals surface area contributed by atoms with E-state index >= 15 is 0 Å². The number of ether oxygens (including phenoxy) is 2. The molecular weight excluding hydrogens is 500 g/mol. The number of morpholine rings is 1. The van der Waals surface area contributed by atoms with Gasteiger partial charge in [0.05, 0.1) is 48.5 Å². The molecule has 3 N–H and O–H groups in total. The van der Waals surface area contributed by atoms with E-state index in [9.17, 15) is 8.78 Å². The van der Waals surface area contributed by atoms with Crippen molar-refractivity contribution in [2.75, 3.05) is 50.1 Å². The summed E-state index contributed by atoms with van der Waals surface area (Å²) < 4.78 is 40.2. The van der Waals surface area contributed by atoms with Gasteiger partial charge in [0.25, 0.3) is 0 Å². The predicted molar refractivity (Wildman–Crippen MR) is 147 cm³/mol. The number of anilines is 2. The molecule has 3 saturated heterocycles. The Morgan fingerprint density at radius 2 is 1.85 bits per heavy atom. The summed E-state index contributed by atoms with van der Waals surface area (Å²) in [4.78, 5) is 11.6. The molecule has 0 spiro atoms. The van der Waals surface area contributed by atoms with Crippen LogP contribution in [-0.4, -0.2) is 61.6 Å². The summed E-state index contributed by atoms with van der Waals surface area (Å²) in [5.41, 5.74) is 12.6. The van der Waals surface area contributed by atoms with Crippen LogP contribution in [-0.2, 0) is 9.47 Å². The number of hydrogen-bond acceptors (Lipinski definition) is 7. The molecule has 5 heterocycles. The minimum absolute atomic E-state index is 0.0229. The van der Waals surface area contributed by atoms with E-state index in [1.54, 1.807) is 12.4 Å². The van der Waals surface area contributed by atoms with Crippen molar-refractivity contribution >= 4 is 22.3 Å². The third kappa shape index (κ3) is 4.40. The number of aromatic nitrogens is 2. The number of halogens is 2. The van der Waals surface area contributed by atoms with Crippen molar-refractivity contribution < 1.29 is 18.3 Å². The minimum Gasteiger partial charge on any atom is -0.397 e. The smallest absolute Gasteiger partial charge is 0.126 e. The number of nitrogens with zero attached hydrogens (tertiary/aromatic N) is 3. The van der Waals surface area contributed by atoms with E-state index in [-0.39, 0.29) is 18.1 Å². The molecule has 0 saturated carbocycles. The zero-order chi connectivity index (χ0) is 26.5.